The average Bonchev–Trinajstić information content (AvgIpc) is 2.47. The molecular weight excluding hydrogens is 253 g/mol. The van der Waals surface area contributed by atoms with Crippen molar-refractivity contribution < 1.29 is 9.13 Å². The Labute approximate surface area is 121 Å². The Morgan fingerprint density at radius 2 is 2.05 bits per heavy atom. The molecule has 1 aromatic rings. The first-order chi connectivity index (χ1) is 9.78. The number of hydrogen-bond donors (Lipinski definition) is 0. The van der Waals surface area contributed by atoms with Gasteiger partial charge in [-0.1, -0.05) is 19.8 Å². The lowest BCUT2D eigenvalue weighted by Gasteiger charge is -2.32. The second-order valence-corrected chi connectivity index (χ2v) is 5.78. The van der Waals surface area contributed by atoms with E-state index in [0.29, 0.717) is 5.92 Å². The molecule has 112 valence electrons. The number of halogens is 1. The van der Waals surface area contributed by atoms with Gasteiger partial charge in [-0.15, -0.1) is 0 Å². The van der Waals surface area contributed by atoms with Crippen molar-refractivity contribution in [2.45, 2.75) is 39.0 Å². The average molecular weight is 279 g/mol. The van der Waals surface area contributed by atoms with Gasteiger partial charge in [0.1, 0.15) is 11.6 Å². The van der Waals surface area contributed by atoms with E-state index in [1.807, 2.05) is 0 Å². The van der Waals surface area contributed by atoms with Gasteiger partial charge in [0.2, 0.25) is 0 Å². The minimum atomic E-state index is -0.211. The zero-order valence-electron chi connectivity index (χ0n) is 12.5. The van der Waals surface area contributed by atoms with Crippen molar-refractivity contribution in [1.29, 1.82) is 0 Å². The molecule has 0 bridgehead atoms. The van der Waals surface area contributed by atoms with Crippen molar-refractivity contribution in [3.05, 3.63) is 30.1 Å². The number of piperidine rings is 1. The third kappa shape index (κ3) is 5.12. The van der Waals surface area contributed by atoms with Crippen molar-refractivity contribution in [3.8, 4) is 5.75 Å². The summed E-state index contributed by atoms with van der Waals surface area (Å²) < 4.78 is 18.6. The van der Waals surface area contributed by atoms with Crippen LogP contribution in [0, 0.1) is 11.7 Å². The van der Waals surface area contributed by atoms with E-state index in [0.717, 1.165) is 18.9 Å². The maximum atomic E-state index is 12.8. The van der Waals surface area contributed by atoms with Gasteiger partial charge in [-0.25, -0.2) is 4.39 Å². The predicted octanol–water partition coefficient (Wildman–Crippen LogP) is 4.11. The van der Waals surface area contributed by atoms with Crippen LogP contribution in [0.25, 0.3) is 0 Å². The summed E-state index contributed by atoms with van der Waals surface area (Å²) in [6.07, 6.45) is 6.43. The van der Waals surface area contributed by atoms with Gasteiger partial charge in [0.25, 0.3) is 0 Å². The van der Waals surface area contributed by atoms with Gasteiger partial charge in [-0.2, -0.15) is 0 Å². The number of hydrogen-bond acceptors (Lipinski definition) is 2. The van der Waals surface area contributed by atoms with Gasteiger partial charge < -0.3 is 9.64 Å². The lowest BCUT2D eigenvalue weighted by Crippen LogP contribution is -2.38. The summed E-state index contributed by atoms with van der Waals surface area (Å²) in [6, 6.07) is 6.31. The summed E-state index contributed by atoms with van der Waals surface area (Å²) in [6.45, 7) is 6.59. The fraction of sp³-hybridized carbons (Fsp3) is 0.647. The minimum absolute atomic E-state index is 0.211. The number of rotatable bonds is 7. The Balaban J connectivity index is 1.71. The zero-order valence-corrected chi connectivity index (χ0v) is 12.5. The van der Waals surface area contributed by atoms with E-state index in [4.69, 9.17) is 4.74 Å². The van der Waals surface area contributed by atoms with E-state index < -0.39 is 0 Å². The van der Waals surface area contributed by atoms with Gasteiger partial charge in [-0.05, 0) is 56.6 Å². The van der Waals surface area contributed by atoms with E-state index in [1.54, 1.807) is 12.1 Å². The Morgan fingerprint density at radius 3 is 2.80 bits per heavy atom. The molecule has 0 N–H and O–H groups in total. The number of benzene rings is 1. The maximum absolute atomic E-state index is 12.8. The summed E-state index contributed by atoms with van der Waals surface area (Å²) in [4.78, 5) is 2.57. The quantitative estimate of drug-likeness (QED) is 0.697. The third-order valence-corrected chi connectivity index (χ3v) is 3.98. The molecule has 0 amide bonds. The highest BCUT2D eigenvalue weighted by Gasteiger charge is 2.19. The van der Waals surface area contributed by atoms with Gasteiger partial charge >= 0.3 is 0 Å². The minimum Gasteiger partial charge on any atom is -0.493 e. The second-order valence-electron chi connectivity index (χ2n) is 5.78. The van der Waals surface area contributed by atoms with E-state index in [1.165, 1.54) is 57.3 Å². The highest BCUT2D eigenvalue weighted by Crippen LogP contribution is 2.19. The predicted molar refractivity (Wildman–Crippen MR) is 80.6 cm³/mol. The molecule has 2 rings (SSSR count). The lowest BCUT2D eigenvalue weighted by atomic mass is 9.98. The molecule has 3 heteroatoms. The third-order valence-electron chi connectivity index (χ3n) is 3.98. The van der Waals surface area contributed by atoms with E-state index in [-0.39, 0.29) is 5.82 Å². The fourth-order valence-corrected chi connectivity index (χ4v) is 2.82. The standard InChI is InChI=1S/C17H26FNO/c1-2-3-4-11-19-12-5-6-15(13-19)14-20-17-9-7-16(18)8-10-17/h7-10,15H,2-6,11-14H2,1H3. The summed E-state index contributed by atoms with van der Waals surface area (Å²) in [5, 5.41) is 0. The van der Waals surface area contributed by atoms with Crippen molar-refractivity contribution in [2.24, 2.45) is 5.92 Å². The van der Waals surface area contributed by atoms with E-state index in [9.17, 15) is 4.39 Å². The molecule has 0 radical (unpaired) electrons. The summed E-state index contributed by atoms with van der Waals surface area (Å²) in [5.74, 6) is 1.17. The van der Waals surface area contributed by atoms with Crippen LogP contribution in [0.15, 0.2) is 24.3 Å². The molecule has 0 aromatic heterocycles. The Hall–Kier alpha value is -1.09. The van der Waals surface area contributed by atoms with Crippen LogP contribution < -0.4 is 4.74 Å². The largest absolute Gasteiger partial charge is 0.493 e. The molecule has 1 atom stereocenters. The molecule has 1 heterocycles. The van der Waals surface area contributed by atoms with Crippen molar-refractivity contribution in [1.82, 2.24) is 4.90 Å². The van der Waals surface area contributed by atoms with Crippen molar-refractivity contribution in [3.63, 3.8) is 0 Å². The SMILES string of the molecule is CCCCCN1CCCC(COc2ccc(F)cc2)C1. The molecule has 1 saturated heterocycles. The number of nitrogens with zero attached hydrogens (tertiary/aromatic N) is 1. The smallest absolute Gasteiger partial charge is 0.123 e. The Morgan fingerprint density at radius 1 is 1.25 bits per heavy atom. The molecule has 0 aliphatic carbocycles. The number of ether oxygens (including phenoxy) is 1. The highest BCUT2D eigenvalue weighted by molar-refractivity contribution is 5.22. The monoisotopic (exact) mass is 279 g/mol. The van der Waals surface area contributed by atoms with Crippen LogP contribution in [0.3, 0.4) is 0 Å². The van der Waals surface area contributed by atoms with Crippen LogP contribution in [0.5, 0.6) is 5.75 Å². The molecule has 0 saturated carbocycles. The van der Waals surface area contributed by atoms with Crippen molar-refractivity contribution in [2.75, 3.05) is 26.2 Å². The van der Waals surface area contributed by atoms with Gasteiger partial charge in [0, 0.05) is 12.5 Å². The molecule has 0 spiro atoms. The second kappa shape index (κ2) is 8.25. The van der Waals surface area contributed by atoms with E-state index >= 15 is 0 Å². The maximum Gasteiger partial charge on any atom is 0.123 e. The number of unbranched alkanes of at least 4 members (excludes halogenated alkanes) is 2. The fourth-order valence-electron chi connectivity index (χ4n) is 2.82. The first kappa shape index (κ1) is 15.3. The van der Waals surface area contributed by atoms with Crippen LogP contribution in [0.1, 0.15) is 39.0 Å². The van der Waals surface area contributed by atoms with Gasteiger partial charge in [-0.3, -0.25) is 0 Å². The summed E-state index contributed by atoms with van der Waals surface area (Å²) in [5.41, 5.74) is 0. The zero-order chi connectivity index (χ0) is 14.2. The first-order valence-corrected chi connectivity index (χ1v) is 7.88. The van der Waals surface area contributed by atoms with Crippen molar-refractivity contribution >= 4 is 0 Å². The summed E-state index contributed by atoms with van der Waals surface area (Å²) in [7, 11) is 0. The van der Waals surface area contributed by atoms with Crippen LogP contribution in [0.4, 0.5) is 4.39 Å². The molecular formula is C17H26FNO. The number of likely N-dealkylation sites (tertiary alicyclic amines) is 1. The molecule has 1 unspecified atom stereocenters. The first-order valence-electron chi connectivity index (χ1n) is 7.88. The van der Waals surface area contributed by atoms with Gasteiger partial charge in [0.05, 0.1) is 6.61 Å². The van der Waals surface area contributed by atoms with Crippen LogP contribution in [-0.4, -0.2) is 31.1 Å². The van der Waals surface area contributed by atoms with Crippen LogP contribution in [0.2, 0.25) is 0 Å². The lowest BCUT2D eigenvalue weighted by molar-refractivity contribution is 0.128. The van der Waals surface area contributed by atoms with Gasteiger partial charge in [0.15, 0.2) is 0 Å². The Kier molecular flexibility index (Phi) is 6.31. The topological polar surface area (TPSA) is 12.5 Å². The molecule has 2 nitrogen and oxygen atoms in total. The molecule has 20 heavy (non-hydrogen) atoms. The van der Waals surface area contributed by atoms with Crippen LogP contribution >= 0.6 is 0 Å². The summed E-state index contributed by atoms with van der Waals surface area (Å²) >= 11 is 0. The normalized spacial score (nSPS) is 20.0. The molecule has 1 aliphatic heterocycles. The molecule has 1 aliphatic rings. The highest BCUT2D eigenvalue weighted by atomic mass is 19.1. The Bertz CT molecular complexity index is 379. The molecule has 1 fully saturated rings. The van der Waals surface area contributed by atoms with Crippen LogP contribution in [-0.2, 0) is 0 Å². The molecule has 1 aromatic carbocycles. The van der Waals surface area contributed by atoms with E-state index in [2.05, 4.69) is 11.8 Å².